The van der Waals surface area contributed by atoms with Crippen molar-refractivity contribution in [3.63, 3.8) is 0 Å². The number of nitriles is 1. The summed E-state index contributed by atoms with van der Waals surface area (Å²) in [5, 5.41) is 9.84. The normalized spacial score (nSPS) is 11.8. The van der Waals surface area contributed by atoms with Crippen molar-refractivity contribution in [1.29, 1.82) is 5.26 Å². The number of rotatable bonds is 3. The Bertz CT molecular complexity index is 1330. The molecule has 0 aliphatic rings. The van der Waals surface area contributed by atoms with Crippen LogP contribution in [0.15, 0.2) is 36.4 Å². The van der Waals surface area contributed by atoms with E-state index in [2.05, 4.69) is 79.5 Å². The SMILES string of the molecule is Cc1cc(C)c(-n2c(C)cc(C=C(C#N)c3nc4ccc(C)cc4[nH]3)c2C)c(C)c1. The van der Waals surface area contributed by atoms with Crippen molar-refractivity contribution in [1.82, 2.24) is 14.5 Å². The number of aromatic nitrogens is 3. The average Bonchev–Trinajstić information content (AvgIpc) is 3.20. The molecule has 4 nitrogen and oxygen atoms in total. The van der Waals surface area contributed by atoms with Gasteiger partial charge in [0.25, 0.3) is 0 Å². The van der Waals surface area contributed by atoms with Crippen LogP contribution in [0, 0.1) is 52.9 Å². The quantitative estimate of drug-likeness (QED) is 0.416. The third-order valence-corrected chi connectivity index (χ3v) is 5.64. The molecule has 4 rings (SSSR count). The molecule has 0 atom stereocenters. The van der Waals surface area contributed by atoms with Crippen LogP contribution in [-0.2, 0) is 0 Å². The number of imidazole rings is 1. The molecule has 0 radical (unpaired) electrons. The molecule has 0 fully saturated rings. The molecular weight excluding hydrogens is 368 g/mol. The first-order valence-corrected chi connectivity index (χ1v) is 10.1. The molecule has 2 aromatic heterocycles. The van der Waals surface area contributed by atoms with Gasteiger partial charge in [0, 0.05) is 11.4 Å². The van der Waals surface area contributed by atoms with Crippen LogP contribution >= 0.6 is 0 Å². The molecule has 0 spiro atoms. The molecule has 4 heteroatoms. The Morgan fingerprint density at radius 2 is 1.67 bits per heavy atom. The van der Waals surface area contributed by atoms with Crippen LogP contribution in [0.2, 0.25) is 0 Å². The molecule has 0 saturated carbocycles. The Morgan fingerprint density at radius 3 is 2.33 bits per heavy atom. The summed E-state index contributed by atoms with van der Waals surface area (Å²) in [4.78, 5) is 7.92. The Labute approximate surface area is 177 Å². The van der Waals surface area contributed by atoms with Crippen LogP contribution in [0.25, 0.3) is 28.4 Å². The number of aryl methyl sites for hydroxylation is 5. The van der Waals surface area contributed by atoms with Crippen molar-refractivity contribution >= 4 is 22.7 Å². The first-order valence-electron chi connectivity index (χ1n) is 10.1. The van der Waals surface area contributed by atoms with Gasteiger partial charge in [-0.15, -0.1) is 0 Å². The van der Waals surface area contributed by atoms with E-state index in [1.54, 1.807) is 0 Å². The monoisotopic (exact) mass is 394 g/mol. The van der Waals surface area contributed by atoms with Crippen molar-refractivity contribution < 1.29 is 0 Å². The third-order valence-electron chi connectivity index (χ3n) is 5.64. The molecule has 2 heterocycles. The fourth-order valence-corrected chi connectivity index (χ4v) is 4.36. The first kappa shape index (κ1) is 19.7. The minimum Gasteiger partial charge on any atom is -0.337 e. The molecule has 0 saturated heterocycles. The number of nitrogens with one attached hydrogen (secondary N) is 1. The van der Waals surface area contributed by atoms with E-state index < -0.39 is 0 Å². The molecule has 0 aliphatic carbocycles. The zero-order valence-electron chi connectivity index (χ0n) is 18.4. The summed E-state index contributed by atoms with van der Waals surface area (Å²) in [6.07, 6.45) is 1.93. The summed E-state index contributed by atoms with van der Waals surface area (Å²) in [5.74, 6) is 0.602. The summed E-state index contributed by atoms with van der Waals surface area (Å²) in [5.41, 5.74) is 11.8. The topological polar surface area (TPSA) is 57.4 Å². The molecule has 0 unspecified atom stereocenters. The van der Waals surface area contributed by atoms with Gasteiger partial charge in [0.2, 0.25) is 0 Å². The number of benzene rings is 2. The highest BCUT2D eigenvalue weighted by Gasteiger charge is 2.15. The van der Waals surface area contributed by atoms with E-state index in [4.69, 9.17) is 0 Å². The largest absolute Gasteiger partial charge is 0.337 e. The fourth-order valence-electron chi connectivity index (χ4n) is 4.36. The predicted molar refractivity (Wildman–Crippen MR) is 124 cm³/mol. The van der Waals surface area contributed by atoms with E-state index in [-0.39, 0.29) is 0 Å². The number of fused-ring (bicyclic) bond motifs is 1. The second-order valence-electron chi connectivity index (χ2n) is 8.19. The smallest absolute Gasteiger partial charge is 0.149 e. The number of hydrogen-bond acceptors (Lipinski definition) is 2. The van der Waals surface area contributed by atoms with Crippen molar-refractivity contribution in [2.75, 3.05) is 0 Å². The lowest BCUT2D eigenvalue weighted by Crippen LogP contribution is -2.04. The highest BCUT2D eigenvalue weighted by molar-refractivity contribution is 5.91. The number of hydrogen-bond donors (Lipinski definition) is 1. The van der Waals surface area contributed by atoms with Gasteiger partial charge in [-0.05, 0) is 88.1 Å². The Kier molecular flexibility index (Phi) is 4.83. The summed E-state index contributed by atoms with van der Waals surface area (Å²) in [6, 6.07) is 15.0. The highest BCUT2D eigenvalue weighted by atomic mass is 15.0. The van der Waals surface area contributed by atoms with Crippen molar-refractivity contribution in [2.24, 2.45) is 0 Å². The van der Waals surface area contributed by atoms with Crippen LogP contribution in [0.3, 0.4) is 0 Å². The lowest BCUT2D eigenvalue weighted by Gasteiger charge is -2.17. The van der Waals surface area contributed by atoms with Gasteiger partial charge in [0.05, 0.1) is 22.3 Å². The van der Waals surface area contributed by atoms with Crippen molar-refractivity contribution in [3.05, 3.63) is 81.4 Å². The van der Waals surface area contributed by atoms with Gasteiger partial charge in [-0.2, -0.15) is 5.26 Å². The predicted octanol–water partition coefficient (Wildman–Crippen LogP) is 6.27. The number of nitrogens with zero attached hydrogens (tertiary/aromatic N) is 3. The van der Waals surface area contributed by atoms with E-state index >= 15 is 0 Å². The minimum absolute atomic E-state index is 0.529. The van der Waals surface area contributed by atoms with Crippen molar-refractivity contribution in [2.45, 2.75) is 41.5 Å². The zero-order valence-corrected chi connectivity index (χ0v) is 18.4. The molecular formula is C26H26N4. The standard InChI is InChI=1S/C26H26N4/c1-15-7-8-23-24(11-15)29-26(28-23)22(14-27)13-21-12-19(5)30(20(21)6)25-17(3)9-16(2)10-18(25)4/h7-13H,1-6H3,(H,28,29). The van der Waals surface area contributed by atoms with E-state index in [0.717, 1.165) is 33.5 Å². The van der Waals surface area contributed by atoms with Gasteiger partial charge in [-0.1, -0.05) is 23.8 Å². The van der Waals surface area contributed by atoms with Gasteiger partial charge >= 0.3 is 0 Å². The molecule has 150 valence electrons. The Balaban J connectivity index is 1.84. The van der Waals surface area contributed by atoms with Crippen LogP contribution in [0.4, 0.5) is 0 Å². The highest BCUT2D eigenvalue weighted by Crippen LogP contribution is 2.29. The fraction of sp³-hybridized carbons (Fsp3) is 0.231. The van der Waals surface area contributed by atoms with Crippen LogP contribution in [-0.4, -0.2) is 14.5 Å². The molecule has 0 amide bonds. The molecule has 30 heavy (non-hydrogen) atoms. The van der Waals surface area contributed by atoms with E-state index in [1.165, 1.54) is 22.4 Å². The molecule has 1 N–H and O–H groups in total. The van der Waals surface area contributed by atoms with Gasteiger partial charge in [0.15, 0.2) is 0 Å². The maximum Gasteiger partial charge on any atom is 0.149 e. The maximum atomic E-state index is 9.84. The zero-order chi connectivity index (χ0) is 21.6. The minimum atomic E-state index is 0.529. The molecule has 2 aromatic carbocycles. The maximum absolute atomic E-state index is 9.84. The van der Waals surface area contributed by atoms with Gasteiger partial charge in [0.1, 0.15) is 11.9 Å². The second-order valence-corrected chi connectivity index (χ2v) is 8.19. The average molecular weight is 395 g/mol. The van der Waals surface area contributed by atoms with E-state index in [1.807, 2.05) is 25.1 Å². The molecule has 0 aliphatic heterocycles. The second kappa shape index (κ2) is 7.35. The lowest BCUT2D eigenvalue weighted by molar-refractivity contribution is 0.941. The Hall–Kier alpha value is -3.58. The molecule has 0 bridgehead atoms. The number of H-pyrrole nitrogens is 1. The van der Waals surface area contributed by atoms with Crippen LogP contribution < -0.4 is 0 Å². The lowest BCUT2D eigenvalue weighted by atomic mass is 10.0. The van der Waals surface area contributed by atoms with Gasteiger partial charge < -0.3 is 9.55 Å². The van der Waals surface area contributed by atoms with Gasteiger partial charge in [-0.25, -0.2) is 4.98 Å². The third kappa shape index (κ3) is 3.33. The Morgan fingerprint density at radius 1 is 0.967 bits per heavy atom. The summed E-state index contributed by atoms with van der Waals surface area (Å²) < 4.78 is 2.28. The number of aromatic amines is 1. The summed E-state index contributed by atoms with van der Waals surface area (Å²) in [6.45, 7) is 12.7. The van der Waals surface area contributed by atoms with Gasteiger partial charge in [-0.3, -0.25) is 0 Å². The first-order chi connectivity index (χ1) is 14.3. The summed E-state index contributed by atoms with van der Waals surface area (Å²) in [7, 11) is 0. The van der Waals surface area contributed by atoms with Crippen LogP contribution in [0.1, 0.15) is 45.0 Å². The number of allylic oxidation sites excluding steroid dienone is 1. The van der Waals surface area contributed by atoms with E-state index in [9.17, 15) is 5.26 Å². The van der Waals surface area contributed by atoms with Crippen LogP contribution in [0.5, 0.6) is 0 Å². The molecule has 4 aromatic rings. The van der Waals surface area contributed by atoms with E-state index in [0.29, 0.717) is 11.4 Å². The van der Waals surface area contributed by atoms with Crippen molar-refractivity contribution in [3.8, 4) is 11.8 Å². The summed E-state index contributed by atoms with van der Waals surface area (Å²) >= 11 is 0.